The van der Waals surface area contributed by atoms with Crippen molar-refractivity contribution in [1.29, 1.82) is 0 Å². The Kier molecular flexibility index (Phi) is 20.3. The van der Waals surface area contributed by atoms with Crippen molar-refractivity contribution in [2.45, 2.75) is 153 Å². The van der Waals surface area contributed by atoms with Crippen LogP contribution >= 0.6 is 0 Å². The number of likely N-dealkylation sites (N-methyl/N-ethyl adjacent to an activating group) is 1. The minimum Gasteiger partial charge on any atom is -0.481 e. The lowest BCUT2D eigenvalue weighted by molar-refractivity contribution is -0.142. The number of nitrogens with one attached hydrogen (secondary N) is 7. The summed E-state index contributed by atoms with van der Waals surface area (Å²) >= 11 is 0. The van der Waals surface area contributed by atoms with Crippen LogP contribution in [0.15, 0.2) is 12.2 Å². The van der Waals surface area contributed by atoms with Gasteiger partial charge in [0.15, 0.2) is 0 Å². The first kappa shape index (κ1) is 49.9. The van der Waals surface area contributed by atoms with Crippen molar-refractivity contribution >= 4 is 53.2 Å². The molecule has 0 bridgehead atoms. The van der Waals surface area contributed by atoms with Gasteiger partial charge in [0.05, 0.1) is 12.5 Å². The molecule has 322 valence electrons. The quantitative estimate of drug-likeness (QED) is 0.0888. The van der Waals surface area contributed by atoms with Crippen LogP contribution in [0.1, 0.15) is 106 Å². The molecule has 9 atom stereocenters. The van der Waals surface area contributed by atoms with E-state index in [1.54, 1.807) is 13.8 Å². The summed E-state index contributed by atoms with van der Waals surface area (Å²) in [4.78, 5) is 117. The van der Waals surface area contributed by atoms with Gasteiger partial charge in [-0.15, -0.1) is 0 Å². The molecule has 20 nitrogen and oxygen atoms in total. The Bertz CT molecular complexity index is 1510. The topological polar surface area (TPSA) is 330 Å². The SMILES string of the molecule is CC[C@H](C)[C@@H]1NC(=O)[C@H](C)NC(=O)[C@@](C)(NC(=O)[C@H](CCC(N)=O)NC(=O)[C@H](N)[C@@H](C)O)CCC/C=C/CCC[C@@](C)(C(=O)NC)NC(=O)[C@H](CC(=O)O)NC1=O. The second kappa shape index (κ2) is 23.2. The van der Waals surface area contributed by atoms with Crippen LogP contribution in [0, 0.1) is 5.92 Å². The summed E-state index contributed by atoms with van der Waals surface area (Å²) in [5, 5.41) is 37.1. The van der Waals surface area contributed by atoms with Crippen molar-refractivity contribution in [2.24, 2.45) is 17.4 Å². The fraction of sp³-hybridized carbons (Fsp3) is 0.703. The fourth-order valence-electron chi connectivity index (χ4n) is 5.93. The van der Waals surface area contributed by atoms with Gasteiger partial charge >= 0.3 is 5.97 Å². The van der Waals surface area contributed by atoms with E-state index in [1.807, 2.05) is 12.2 Å². The number of aliphatic hydroxyl groups excluding tert-OH is 1. The zero-order chi connectivity index (χ0) is 43.7. The Morgan fingerprint density at radius 2 is 1.53 bits per heavy atom. The number of rotatable bonds is 13. The maximum atomic E-state index is 14.0. The number of aliphatic carboxylic acids is 1. The van der Waals surface area contributed by atoms with Crippen molar-refractivity contribution in [1.82, 2.24) is 37.2 Å². The van der Waals surface area contributed by atoms with E-state index in [1.165, 1.54) is 34.7 Å². The molecule has 0 aliphatic carbocycles. The molecule has 8 amide bonds. The van der Waals surface area contributed by atoms with Gasteiger partial charge in [-0.3, -0.25) is 43.2 Å². The highest BCUT2D eigenvalue weighted by Crippen LogP contribution is 2.19. The number of carbonyl (C=O) groups is 9. The van der Waals surface area contributed by atoms with E-state index in [2.05, 4.69) is 37.2 Å². The lowest BCUT2D eigenvalue weighted by Crippen LogP contribution is -2.64. The average molecular weight is 810 g/mol. The number of allylic oxidation sites excluding steroid dienone is 2. The Balaban J connectivity index is 3.62. The highest BCUT2D eigenvalue weighted by atomic mass is 16.4. The molecule has 0 fully saturated rings. The maximum absolute atomic E-state index is 14.0. The van der Waals surface area contributed by atoms with Gasteiger partial charge in [-0.05, 0) is 78.6 Å². The van der Waals surface area contributed by atoms with E-state index in [0.717, 1.165) is 0 Å². The summed E-state index contributed by atoms with van der Waals surface area (Å²) in [7, 11) is 1.39. The van der Waals surface area contributed by atoms with Gasteiger partial charge in [0.25, 0.3) is 0 Å². The number of primary amides is 1. The normalized spacial score (nSPS) is 27.2. The lowest BCUT2D eigenvalue weighted by atomic mass is 9.91. The molecule has 20 heteroatoms. The number of carboxylic acid groups (broad SMARTS) is 1. The van der Waals surface area contributed by atoms with E-state index in [0.29, 0.717) is 32.1 Å². The van der Waals surface area contributed by atoms with E-state index >= 15 is 0 Å². The minimum atomic E-state index is -1.71. The zero-order valence-corrected chi connectivity index (χ0v) is 34.0. The molecule has 13 N–H and O–H groups in total. The number of amides is 8. The smallest absolute Gasteiger partial charge is 0.305 e. The van der Waals surface area contributed by atoms with Gasteiger partial charge < -0.3 is 58.9 Å². The molecule has 1 heterocycles. The molecule has 0 aromatic carbocycles. The minimum absolute atomic E-state index is 0.0244. The van der Waals surface area contributed by atoms with Crippen molar-refractivity contribution in [3.8, 4) is 0 Å². The van der Waals surface area contributed by atoms with Crippen LogP contribution in [-0.2, 0) is 43.2 Å². The number of carbonyl (C=O) groups excluding carboxylic acids is 8. The maximum Gasteiger partial charge on any atom is 0.305 e. The van der Waals surface area contributed by atoms with Crippen molar-refractivity contribution < 1.29 is 53.4 Å². The van der Waals surface area contributed by atoms with E-state index in [9.17, 15) is 53.4 Å². The van der Waals surface area contributed by atoms with E-state index in [-0.39, 0.29) is 25.7 Å². The van der Waals surface area contributed by atoms with Gasteiger partial charge in [0.1, 0.15) is 41.3 Å². The first-order valence-electron chi connectivity index (χ1n) is 19.2. The molecule has 0 saturated heterocycles. The number of hydrogen-bond donors (Lipinski definition) is 11. The highest BCUT2D eigenvalue weighted by molar-refractivity contribution is 5.99. The summed E-state index contributed by atoms with van der Waals surface area (Å²) in [5.41, 5.74) is 7.84. The van der Waals surface area contributed by atoms with Gasteiger partial charge in [-0.1, -0.05) is 32.4 Å². The van der Waals surface area contributed by atoms with Crippen molar-refractivity contribution in [3.63, 3.8) is 0 Å². The number of nitrogens with two attached hydrogens (primary N) is 2. The van der Waals surface area contributed by atoms with E-state index in [4.69, 9.17) is 11.5 Å². The van der Waals surface area contributed by atoms with Crippen LogP contribution in [0.25, 0.3) is 0 Å². The third-order valence-corrected chi connectivity index (χ3v) is 9.97. The first-order chi connectivity index (χ1) is 26.5. The molecular weight excluding hydrogens is 746 g/mol. The van der Waals surface area contributed by atoms with Gasteiger partial charge in [-0.25, -0.2) is 0 Å². The molecule has 0 aromatic rings. The Labute approximate surface area is 333 Å². The molecule has 0 unspecified atom stereocenters. The van der Waals surface area contributed by atoms with E-state index < -0.39 is 113 Å². The standard InChI is InChI=1S/C37H63N9O11/c1-8-20(2)28-33(55)43-24(19-26(49)50)31(53)46-36(5,34(56)40-7)17-13-11-9-10-12-14-18-37(6,35(57)41-21(3)29(51)44-28)45-30(52)23(15-16-25(38)48)42-32(54)27(39)22(4)47/h9-10,20-24,27-28,47H,8,11-19,39H2,1-7H3,(H2,38,48)(H,40,56)(H,41,57)(H,42,54)(H,43,55)(H,44,51)(H,45,52)(H,46,53)(H,49,50)/b10-9+/t20-,21-,22+,23-,24-,27+,28-,36-,37-/m0/s1. The predicted octanol–water partition coefficient (Wildman–Crippen LogP) is -2.15. The summed E-state index contributed by atoms with van der Waals surface area (Å²) in [5.74, 6) is -8.45. The number of aliphatic hydroxyl groups is 1. The van der Waals surface area contributed by atoms with Crippen molar-refractivity contribution in [3.05, 3.63) is 12.2 Å². The van der Waals surface area contributed by atoms with Crippen molar-refractivity contribution in [2.75, 3.05) is 7.05 Å². The molecule has 1 aliphatic rings. The summed E-state index contributed by atoms with van der Waals surface area (Å²) in [6.45, 7) is 8.90. The lowest BCUT2D eigenvalue weighted by Gasteiger charge is -2.33. The summed E-state index contributed by atoms with van der Waals surface area (Å²) in [6, 6.07) is -7.04. The Morgan fingerprint density at radius 3 is 2.05 bits per heavy atom. The number of hydrogen-bond acceptors (Lipinski definition) is 11. The first-order valence-corrected chi connectivity index (χ1v) is 19.2. The molecular formula is C37H63N9O11. The number of carboxylic acids is 1. The van der Waals surface area contributed by atoms with Gasteiger partial charge in [0, 0.05) is 13.5 Å². The second-order valence-corrected chi connectivity index (χ2v) is 15.0. The summed E-state index contributed by atoms with van der Waals surface area (Å²) < 4.78 is 0. The molecule has 0 saturated carbocycles. The van der Waals surface area contributed by atoms with Crippen LogP contribution in [0.4, 0.5) is 0 Å². The monoisotopic (exact) mass is 809 g/mol. The molecule has 0 spiro atoms. The van der Waals surface area contributed by atoms with Crippen LogP contribution < -0.4 is 48.7 Å². The average Bonchev–Trinajstić information content (AvgIpc) is 3.13. The molecule has 1 rings (SSSR count). The highest BCUT2D eigenvalue weighted by Gasteiger charge is 2.40. The van der Waals surface area contributed by atoms with Crippen LogP contribution in [0.5, 0.6) is 0 Å². The van der Waals surface area contributed by atoms with Crippen LogP contribution in [-0.4, -0.2) is 118 Å². The molecule has 57 heavy (non-hydrogen) atoms. The van der Waals surface area contributed by atoms with Crippen LogP contribution in [0.3, 0.4) is 0 Å². The Morgan fingerprint density at radius 1 is 0.930 bits per heavy atom. The third-order valence-electron chi connectivity index (χ3n) is 9.97. The molecule has 1 aliphatic heterocycles. The second-order valence-electron chi connectivity index (χ2n) is 15.0. The van der Waals surface area contributed by atoms with Gasteiger partial charge in [0.2, 0.25) is 47.3 Å². The molecule has 0 aromatic heterocycles. The largest absolute Gasteiger partial charge is 0.481 e. The third kappa shape index (κ3) is 16.1. The zero-order valence-electron chi connectivity index (χ0n) is 34.0. The predicted molar refractivity (Wildman–Crippen MR) is 207 cm³/mol. The fourth-order valence-corrected chi connectivity index (χ4v) is 5.93. The Hall–Kier alpha value is -5.11. The van der Waals surface area contributed by atoms with Gasteiger partial charge in [-0.2, -0.15) is 0 Å². The summed E-state index contributed by atoms with van der Waals surface area (Å²) in [6.07, 6.45) is 3.13. The molecule has 0 radical (unpaired) electrons. The van der Waals surface area contributed by atoms with Crippen LogP contribution in [0.2, 0.25) is 0 Å².